The van der Waals surface area contributed by atoms with Gasteiger partial charge >= 0.3 is 11.9 Å². The molecule has 2 aromatic rings. The SMILES string of the molecule is CCOC(=O)c1cc(C)n(CC(=O)OCC(=O)Nc2ccc(Cl)cc2[N+](=O)[O-])c1C. The maximum Gasteiger partial charge on any atom is 0.339 e. The van der Waals surface area contributed by atoms with E-state index in [1.807, 2.05) is 0 Å². The first-order valence-corrected chi connectivity index (χ1v) is 9.25. The van der Waals surface area contributed by atoms with Crippen molar-refractivity contribution in [1.82, 2.24) is 4.57 Å². The van der Waals surface area contributed by atoms with Gasteiger partial charge in [-0.1, -0.05) is 11.6 Å². The summed E-state index contributed by atoms with van der Waals surface area (Å²) in [5.41, 5.74) is 1.07. The summed E-state index contributed by atoms with van der Waals surface area (Å²) in [6.07, 6.45) is 0. The number of carbonyl (C=O) groups is 3. The highest BCUT2D eigenvalue weighted by atomic mass is 35.5. The van der Waals surface area contributed by atoms with Gasteiger partial charge in [-0.05, 0) is 39.0 Å². The number of benzene rings is 1. The molecule has 0 saturated heterocycles. The van der Waals surface area contributed by atoms with Crippen molar-refractivity contribution >= 4 is 40.8 Å². The molecule has 11 heteroatoms. The van der Waals surface area contributed by atoms with E-state index in [9.17, 15) is 24.5 Å². The van der Waals surface area contributed by atoms with Crippen molar-refractivity contribution in [2.45, 2.75) is 27.3 Å². The molecule has 0 aliphatic heterocycles. The molecular weight excluding hydrogens is 418 g/mol. The number of nitro benzene ring substituents is 1. The predicted octanol–water partition coefficient (Wildman–Crippen LogP) is 3.03. The topological polar surface area (TPSA) is 130 Å². The van der Waals surface area contributed by atoms with Crippen molar-refractivity contribution in [2.24, 2.45) is 0 Å². The molecule has 1 amide bonds. The smallest absolute Gasteiger partial charge is 0.339 e. The molecular formula is C19H20ClN3O7. The molecule has 0 bridgehead atoms. The first-order valence-electron chi connectivity index (χ1n) is 8.87. The fourth-order valence-electron chi connectivity index (χ4n) is 2.73. The van der Waals surface area contributed by atoms with E-state index < -0.39 is 29.4 Å². The molecule has 30 heavy (non-hydrogen) atoms. The van der Waals surface area contributed by atoms with Gasteiger partial charge in [0.05, 0.1) is 17.1 Å². The predicted molar refractivity (Wildman–Crippen MR) is 108 cm³/mol. The quantitative estimate of drug-likeness (QED) is 0.381. The van der Waals surface area contributed by atoms with E-state index in [2.05, 4.69) is 5.32 Å². The lowest BCUT2D eigenvalue weighted by atomic mass is 10.2. The number of nitrogens with zero attached hydrogens (tertiary/aromatic N) is 2. The zero-order valence-corrected chi connectivity index (χ0v) is 17.3. The second-order valence-corrected chi connectivity index (χ2v) is 6.66. The van der Waals surface area contributed by atoms with Crippen LogP contribution in [-0.2, 0) is 25.6 Å². The molecule has 0 atom stereocenters. The van der Waals surface area contributed by atoms with Crippen LogP contribution < -0.4 is 5.32 Å². The Balaban J connectivity index is 1.98. The minimum atomic E-state index is -0.748. The van der Waals surface area contributed by atoms with E-state index in [4.69, 9.17) is 21.1 Å². The first-order chi connectivity index (χ1) is 14.1. The van der Waals surface area contributed by atoms with Gasteiger partial charge in [0.15, 0.2) is 6.61 Å². The number of rotatable bonds is 8. The van der Waals surface area contributed by atoms with Crippen LogP contribution in [0.1, 0.15) is 28.7 Å². The molecule has 160 valence electrons. The van der Waals surface area contributed by atoms with Crippen LogP contribution in [0.3, 0.4) is 0 Å². The number of carbonyl (C=O) groups excluding carboxylic acids is 3. The Morgan fingerprint density at radius 2 is 1.90 bits per heavy atom. The minimum absolute atomic E-state index is 0.0679. The fraction of sp³-hybridized carbons (Fsp3) is 0.316. The lowest BCUT2D eigenvalue weighted by molar-refractivity contribution is -0.383. The molecule has 0 spiro atoms. The minimum Gasteiger partial charge on any atom is -0.462 e. The molecule has 0 radical (unpaired) electrons. The number of ether oxygens (including phenoxy) is 2. The molecule has 2 rings (SSSR count). The van der Waals surface area contributed by atoms with Gasteiger partial charge in [0.25, 0.3) is 11.6 Å². The van der Waals surface area contributed by atoms with E-state index in [-0.39, 0.29) is 29.5 Å². The molecule has 1 aromatic heterocycles. The number of nitrogens with one attached hydrogen (secondary N) is 1. The molecule has 0 saturated carbocycles. The summed E-state index contributed by atoms with van der Waals surface area (Å²) >= 11 is 5.72. The van der Waals surface area contributed by atoms with Crippen molar-refractivity contribution < 1.29 is 28.8 Å². The molecule has 1 aromatic carbocycles. The number of nitro groups is 1. The summed E-state index contributed by atoms with van der Waals surface area (Å²) < 4.78 is 11.5. The van der Waals surface area contributed by atoms with Gasteiger partial charge in [-0.3, -0.25) is 19.7 Å². The maximum absolute atomic E-state index is 12.1. The van der Waals surface area contributed by atoms with Gasteiger partial charge < -0.3 is 19.4 Å². The number of hydrogen-bond donors (Lipinski definition) is 1. The fourth-order valence-corrected chi connectivity index (χ4v) is 2.89. The second kappa shape index (κ2) is 9.88. The normalized spacial score (nSPS) is 10.4. The lowest BCUT2D eigenvalue weighted by Gasteiger charge is -2.10. The number of aryl methyl sites for hydroxylation is 1. The average Bonchev–Trinajstić information content (AvgIpc) is 2.96. The third-order valence-corrected chi connectivity index (χ3v) is 4.39. The van der Waals surface area contributed by atoms with Gasteiger partial charge in [0, 0.05) is 22.5 Å². The summed E-state index contributed by atoms with van der Waals surface area (Å²) in [5.74, 6) is -1.95. The largest absolute Gasteiger partial charge is 0.462 e. The second-order valence-electron chi connectivity index (χ2n) is 6.22. The van der Waals surface area contributed by atoms with Gasteiger partial charge in [-0.2, -0.15) is 0 Å². The Morgan fingerprint density at radius 1 is 1.20 bits per heavy atom. The van der Waals surface area contributed by atoms with Crippen LogP contribution in [0.4, 0.5) is 11.4 Å². The highest BCUT2D eigenvalue weighted by Gasteiger charge is 2.20. The van der Waals surface area contributed by atoms with Crippen molar-refractivity contribution in [3.05, 3.63) is 56.4 Å². The van der Waals surface area contributed by atoms with E-state index in [0.717, 1.165) is 6.07 Å². The molecule has 1 N–H and O–H groups in total. The van der Waals surface area contributed by atoms with E-state index >= 15 is 0 Å². The molecule has 0 fully saturated rings. The zero-order chi connectivity index (χ0) is 22.4. The standard InChI is InChI=1S/C19H20ClN3O7/c1-4-29-19(26)14-7-11(2)22(12(14)3)9-18(25)30-10-17(24)21-15-6-5-13(20)8-16(15)23(27)28/h5-8H,4,9-10H2,1-3H3,(H,21,24). The summed E-state index contributed by atoms with van der Waals surface area (Å²) in [4.78, 5) is 46.5. The number of aromatic nitrogens is 1. The third-order valence-electron chi connectivity index (χ3n) is 4.15. The van der Waals surface area contributed by atoms with Crippen LogP contribution >= 0.6 is 11.6 Å². The van der Waals surface area contributed by atoms with Crippen LogP contribution in [0.25, 0.3) is 0 Å². The van der Waals surface area contributed by atoms with Gasteiger partial charge in [0.1, 0.15) is 12.2 Å². The Morgan fingerprint density at radius 3 is 2.53 bits per heavy atom. The van der Waals surface area contributed by atoms with Crippen molar-refractivity contribution in [3.8, 4) is 0 Å². The summed E-state index contributed by atoms with van der Waals surface area (Å²) in [6, 6.07) is 5.37. The van der Waals surface area contributed by atoms with Gasteiger partial charge in [-0.15, -0.1) is 0 Å². The number of esters is 2. The van der Waals surface area contributed by atoms with Crippen molar-refractivity contribution in [3.63, 3.8) is 0 Å². The van der Waals surface area contributed by atoms with Crippen LogP contribution in [0, 0.1) is 24.0 Å². The Labute approximate surface area is 176 Å². The summed E-state index contributed by atoms with van der Waals surface area (Å²) in [6.45, 7) is 4.45. The maximum atomic E-state index is 12.1. The van der Waals surface area contributed by atoms with Crippen LogP contribution in [-0.4, -0.2) is 40.5 Å². The molecule has 0 aliphatic carbocycles. The summed E-state index contributed by atoms with van der Waals surface area (Å²) in [7, 11) is 0. The molecule has 0 unspecified atom stereocenters. The molecule has 0 aliphatic rings. The molecule has 1 heterocycles. The molecule has 10 nitrogen and oxygen atoms in total. The Hall–Kier alpha value is -3.40. The average molecular weight is 438 g/mol. The van der Waals surface area contributed by atoms with Gasteiger partial charge in [0.2, 0.25) is 0 Å². The van der Waals surface area contributed by atoms with Crippen LogP contribution in [0.5, 0.6) is 0 Å². The highest BCUT2D eigenvalue weighted by Crippen LogP contribution is 2.27. The Bertz CT molecular complexity index is 1000. The number of anilines is 1. The van der Waals surface area contributed by atoms with Crippen molar-refractivity contribution in [2.75, 3.05) is 18.5 Å². The van der Waals surface area contributed by atoms with Crippen LogP contribution in [0.2, 0.25) is 5.02 Å². The van der Waals surface area contributed by atoms with E-state index in [0.29, 0.717) is 17.0 Å². The number of amides is 1. The highest BCUT2D eigenvalue weighted by molar-refractivity contribution is 6.31. The van der Waals surface area contributed by atoms with E-state index in [1.54, 1.807) is 31.4 Å². The monoisotopic (exact) mass is 437 g/mol. The number of halogens is 1. The number of hydrogen-bond acceptors (Lipinski definition) is 7. The Kier molecular flexibility index (Phi) is 7.54. The lowest BCUT2D eigenvalue weighted by Crippen LogP contribution is -2.24. The summed E-state index contributed by atoms with van der Waals surface area (Å²) in [5, 5.41) is 13.5. The van der Waals surface area contributed by atoms with Crippen LogP contribution in [0.15, 0.2) is 24.3 Å². The third kappa shape index (κ3) is 5.57. The van der Waals surface area contributed by atoms with E-state index in [1.165, 1.54) is 12.1 Å². The van der Waals surface area contributed by atoms with Gasteiger partial charge in [-0.25, -0.2) is 4.79 Å². The first kappa shape index (κ1) is 22.9. The zero-order valence-electron chi connectivity index (χ0n) is 16.6. The van der Waals surface area contributed by atoms with Crippen molar-refractivity contribution in [1.29, 1.82) is 0 Å².